The summed E-state index contributed by atoms with van der Waals surface area (Å²) in [5, 5.41) is 9.03. The summed E-state index contributed by atoms with van der Waals surface area (Å²) in [6, 6.07) is 13.5. The quantitative estimate of drug-likeness (QED) is 0.494. The van der Waals surface area contributed by atoms with Gasteiger partial charge >= 0.3 is 5.97 Å². The van der Waals surface area contributed by atoms with Crippen molar-refractivity contribution >= 4 is 23.4 Å². The number of esters is 1. The van der Waals surface area contributed by atoms with Gasteiger partial charge in [-0.1, -0.05) is 29.5 Å². The maximum atomic E-state index is 13.6. The summed E-state index contributed by atoms with van der Waals surface area (Å²) in [4.78, 5) is 31.7. The molecule has 0 aliphatic carbocycles. The van der Waals surface area contributed by atoms with Gasteiger partial charge in [-0.3, -0.25) is 9.36 Å². The number of methoxy groups -OCH3 is 2. The number of nitriles is 1. The van der Waals surface area contributed by atoms with Gasteiger partial charge in [-0.25, -0.2) is 9.79 Å². The molecule has 2 aromatic carbocycles. The number of ether oxygens (including phenoxy) is 3. The largest absolute Gasteiger partial charge is 0.493 e. The highest BCUT2D eigenvalue weighted by molar-refractivity contribution is 7.07. The second-order valence-electron chi connectivity index (χ2n) is 7.65. The molecule has 1 atom stereocenters. The molecule has 0 saturated carbocycles. The summed E-state index contributed by atoms with van der Waals surface area (Å²) < 4.78 is 18.1. The summed E-state index contributed by atoms with van der Waals surface area (Å²) in [5.41, 5.74) is 2.45. The molecule has 0 amide bonds. The first-order valence-corrected chi connectivity index (χ1v) is 11.6. The molecule has 2 heterocycles. The minimum absolute atomic E-state index is 0.192. The molecule has 0 spiro atoms. The fourth-order valence-electron chi connectivity index (χ4n) is 3.94. The second kappa shape index (κ2) is 9.99. The Morgan fingerprint density at radius 3 is 2.51 bits per heavy atom. The number of thiazole rings is 1. The van der Waals surface area contributed by atoms with Gasteiger partial charge in [0.15, 0.2) is 16.3 Å². The van der Waals surface area contributed by atoms with Gasteiger partial charge in [0.2, 0.25) is 0 Å². The number of carbonyl (C=O) groups excluding carboxylic acids is 1. The minimum atomic E-state index is -0.756. The Morgan fingerprint density at radius 2 is 1.89 bits per heavy atom. The molecule has 0 fully saturated rings. The van der Waals surface area contributed by atoms with Crippen LogP contribution in [0.1, 0.15) is 36.6 Å². The third-order valence-corrected chi connectivity index (χ3v) is 6.56. The maximum Gasteiger partial charge on any atom is 0.338 e. The number of hydrogen-bond acceptors (Lipinski definition) is 8. The molecule has 1 aliphatic heterocycles. The van der Waals surface area contributed by atoms with Crippen molar-refractivity contribution in [1.82, 2.24) is 4.57 Å². The number of nitrogens with zero attached hydrogens (tertiary/aromatic N) is 3. The van der Waals surface area contributed by atoms with E-state index >= 15 is 0 Å². The van der Waals surface area contributed by atoms with E-state index in [4.69, 9.17) is 19.5 Å². The number of rotatable bonds is 6. The van der Waals surface area contributed by atoms with E-state index in [9.17, 15) is 9.59 Å². The van der Waals surface area contributed by atoms with Gasteiger partial charge in [-0.05, 0) is 55.3 Å². The lowest BCUT2D eigenvalue weighted by molar-refractivity contribution is -0.139. The minimum Gasteiger partial charge on any atom is -0.493 e. The first-order valence-electron chi connectivity index (χ1n) is 10.8. The van der Waals surface area contributed by atoms with Crippen LogP contribution in [0, 0.1) is 11.3 Å². The zero-order chi connectivity index (χ0) is 25.1. The molecule has 1 aliphatic rings. The van der Waals surface area contributed by atoms with E-state index in [1.54, 1.807) is 62.4 Å². The Bertz CT molecular complexity index is 1540. The highest BCUT2D eigenvalue weighted by atomic mass is 32.1. The maximum absolute atomic E-state index is 13.6. The van der Waals surface area contributed by atoms with E-state index < -0.39 is 12.0 Å². The molecule has 1 aromatic heterocycles. The van der Waals surface area contributed by atoms with Gasteiger partial charge in [0.25, 0.3) is 5.56 Å². The molecule has 3 aromatic rings. The average molecular weight is 490 g/mol. The molecule has 9 heteroatoms. The molecule has 178 valence electrons. The van der Waals surface area contributed by atoms with Crippen LogP contribution in [0.25, 0.3) is 6.08 Å². The summed E-state index contributed by atoms with van der Waals surface area (Å²) in [5.74, 6) is 0.473. The third kappa shape index (κ3) is 4.48. The van der Waals surface area contributed by atoms with Crippen molar-refractivity contribution in [1.29, 1.82) is 5.26 Å². The fourth-order valence-corrected chi connectivity index (χ4v) is 4.98. The van der Waals surface area contributed by atoms with Crippen LogP contribution in [-0.2, 0) is 9.53 Å². The third-order valence-electron chi connectivity index (χ3n) is 5.58. The zero-order valence-corrected chi connectivity index (χ0v) is 20.5. The number of carbonyl (C=O) groups is 1. The van der Waals surface area contributed by atoms with E-state index in [1.165, 1.54) is 30.1 Å². The van der Waals surface area contributed by atoms with Crippen LogP contribution in [0.3, 0.4) is 0 Å². The van der Waals surface area contributed by atoms with Crippen LogP contribution in [0.4, 0.5) is 0 Å². The summed E-state index contributed by atoms with van der Waals surface area (Å²) in [7, 11) is 3.07. The summed E-state index contributed by atoms with van der Waals surface area (Å²) in [6.45, 7) is 3.65. The molecule has 0 N–H and O–H groups in total. The number of hydrogen-bond donors (Lipinski definition) is 0. The Balaban J connectivity index is 1.95. The molecule has 8 nitrogen and oxygen atoms in total. The SMILES string of the molecule is CCOC(=O)C1=C(C)N=c2s/c(=C/c3ccc(C#N)cc3)c(=O)n2[C@@H]1c1ccc(OC)c(OC)c1. The van der Waals surface area contributed by atoms with Crippen LogP contribution in [-0.4, -0.2) is 31.4 Å². The molecular formula is C26H23N3O5S. The van der Waals surface area contributed by atoms with Crippen LogP contribution < -0.4 is 24.4 Å². The van der Waals surface area contributed by atoms with Gasteiger partial charge < -0.3 is 14.2 Å². The first kappa shape index (κ1) is 24.0. The normalized spacial score (nSPS) is 15.2. The van der Waals surface area contributed by atoms with Crippen molar-refractivity contribution in [2.45, 2.75) is 19.9 Å². The lowest BCUT2D eigenvalue weighted by atomic mass is 9.95. The molecule has 4 rings (SSSR count). The Hall–Kier alpha value is -4.16. The summed E-state index contributed by atoms with van der Waals surface area (Å²) >= 11 is 1.23. The number of allylic oxidation sites excluding steroid dienone is 1. The van der Waals surface area contributed by atoms with Crippen molar-refractivity contribution in [3.05, 3.63) is 90.1 Å². The Kier molecular flexibility index (Phi) is 6.85. The van der Waals surface area contributed by atoms with Crippen LogP contribution in [0.2, 0.25) is 0 Å². The van der Waals surface area contributed by atoms with Gasteiger partial charge in [0, 0.05) is 0 Å². The lowest BCUT2D eigenvalue weighted by Crippen LogP contribution is -2.39. The predicted octanol–water partition coefficient (Wildman–Crippen LogP) is 2.69. The highest BCUT2D eigenvalue weighted by Gasteiger charge is 2.33. The lowest BCUT2D eigenvalue weighted by Gasteiger charge is -2.25. The fraction of sp³-hybridized carbons (Fsp3) is 0.231. The van der Waals surface area contributed by atoms with Crippen molar-refractivity contribution in [3.63, 3.8) is 0 Å². The van der Waals surface area contributed by atoms with Crippen molar-refractivity contribution < 1.29 is 19.0 Å². The van der Waals surface area contributed by atoms with E-state index in [1.807, 2.05) is 0 Å². The van der Waals surface area contributed by atoms with Crippen molar-refractivity contribution in [3.8, 4) is 17.6 Å². The smallest absolute Gasteiger partial charge is 0.338 e. The van der Waals surface area contributed by atoms with Gasteiger partial charge in [0.05, 0.1) is 54.3 Å². The van der Waals surface area contributed by atoms with Gasteiger partial charge in [0.1, 0.15) is 0 Å². The van der Waals surface area contributed by atoms with E-state index in [2.05, 4.69) is 11.1 Å². The predicted molar refractivity (Wildman–Crippen MR) is 131 cm³/mol. The highest BCUT2D eigenvalue weighted by Crippen LogP contribution is 2.36. The molecule has 0 bridgehead atoms. The monoisotopic (exact) mass is 489 g/mol. The van der Waals surface area contributed by atoms with E-state index in [0.717, 1.165) is 5.56 Å². The zero-order valence-electron chi connectivity index (χ0n) is 19.7. The first-order chi connectivity index (χ1) is 16.9. The molecular weight excluding hydrogens is 466 g/mol. The Morgan fingerprint density at radius 1 is 1.17 bits per heavy atom. The molecule has 0 unspecified atom stereocenters. The topological polar surface area (TPSA) is 103 Å². The average Bonchev–Trinajstić information content (AvgIpc) is 3.17. The van der Waals surface area contributed by atoms with Crippen molar-refractivity contribution in [2.24, 2.45) is 4.99 Å². The van der Waals surface area contributed by atoms with Gasteiger partial charge in [-0.2, -0.15) is 5.26 Å². The second-order valence-corrected chi connectivity index (χ2v) is 8.66. The number of fused-ring (bicyclic) bond motifs is 1. The number of benzene rings is 2. The van der Waals surface area contributed by atoms with Crippen LogP contribution in [0.5, 0.6) is 11.5 Å². The van der Waals surface area contributed by atoms with E-state index in [-0.39, 0.29) is 17.7 Å². The number of aromatic nitrogens is 1. The van der Waals surface area contributed by atoms with Gasteiger partial charge in [-0.15, -0.1) is 0 Å². The van der Waals surface area contributed by atoms with E-state index in [0.29, 0.717) is 37.7 Å². The van der Waals surface area contributed by atoms with Crippen LogP contribution >= 0.6 is 11.3 Å². The molecule has 35 heavy (non-hydrogen) atoms. The standard InChI is InChI=1S/C26H23N3O5S/c1-5-34-25(31)22-15(2)28-26-29(23(22)18-10-11-19(32-3)20(13-18)33-4)24(30)21(35-26)12-16-6-8-17(14-27)9-7-16/h6-13,23H,5H2,1-4H3/b21-12+/t23-/m1/s1. The van der Waals surface area contributed by atoms with Crippen LogP contribution in [0.15, 0.2) is 63.5 Å². The molecule has 0 saturated heterocycles. The molecule has 0 radical (unpaired) electrons. The summed E-state index contributed by atoms with van der Waals surface area (Å²) in [6.07, 6.45) is 1.75. The van der Waals surface area contributed by atoms with Crippen molar-refractivity contribution in [2.75, 3.05) is 20.8 Å². The Labute approximate surface area is 205 Å².